The molecule has 1 spiro atoms. The summed E-state index contributed by atoms with van der Waals surface area (Å²) in [4.78, 5) is 40.7. The Morgan fingerprint density at radius 1 is 1.11 bits per heavy atom. The van der Waals surface area contributed by atoms with E-state index >= 15 is 0 Å². The number of hydrogen-bond acceptors (Lipinski definition) is 3. The largest absolute Gasteiger partial charge is 0.338 e. The van der Waals surface area contributed by atoms with Crippen molar-refractivity contribution in [2.45, 2.75) is 58.9 Å². The number of benzene rings is 1. The summed E-state index contributed by atoms with van der Waals surface area (Å²) in [6.07, 6.45) is 2.63. The van der Waals surface area contributed by atoms with Crippen molar-refractivity contribution in [1.82, 2.24) is 9.80 Å². The van der Waals surface area contributed by atoms with Gasteiger partial charge >= 0.3 is 0 Å². The van der Waals surface area contributed by atoms with Crippen LogP contribution in [0.25, 0.3) is 0 Å². The van der Waals surface area contributed by atoms with Crippen LogP contribution in [0.4, 0.5) is 0 Å². The van der Waals surface area contributed by atoms with E-state index in [1.807, 2.05) is 4.90 Å². The summed E-state index contributed by atoms with van der Waals surface area (Å²) in [5.74, 6) is -0.159. The molecule has 1 aromatic carbocycles. The zero-order chi connectivity index (χ0) is 19.6. The highest BCUT2D eigenvalue weighted by atomic mass is 16.2. The Morgan fingerprint density at radius 2 is 1.81 bits per heavy atom. The second-order valence-electron chi connectivity index (χ2n) is 8.26. The molecular formula is C22H30N2O3. The number of carbonyl (C=O) groups is 3. The summed E-state index contributed by atoms with van der Waals surface area (Å²) in [6.45, 7) is 8.30. The van der Waals surface area contributed by atoms with E-state index in [1.54, 1.807) is 11.8 Å². The van der Waals surface area contributed by atoms with Crippen LogP contribution in [-0.4, -0.2) is 47.0 Å². The molecule has 5 heteroatoms. The summed E-state index contributed by atoms with van der Waals surface area (Å²) < 4.78 is 0. The smallest absolute Gasteiger partial charge is 0.289 e. The van der Waals surface area contributed by atoms with E-state index in [9.17, 15) is 14.4 Å². The van der Waals surface area contributed by atoms with Gasteiger partial charge in [-0.15, -0.1) is 0 Å². The number of Topliss-reactive ketones (excluding diaryl/α,β-unsaturated/α-hetero) is 1. The van der Waals surface area contributed by atoms with Crippen molar-refractivity contribution in [1.29, 1.82) is 0 Å². The van der Waals surface area contributed by atoms with Gasteiger partial charge in [-0.25, -0.2) is 0 Å². The zero-order valence-electron chi connectivity index (χ0n) is 16.7. The quantitative estimate of drug-likeness (QED) is 0.748. The zero-order valence-corrected chi connectivity index (χ0v) is 16.7. The van der Waals surface area contributed by atoms with Gasteiger partial charge in [-0.1, -0.05) is 45.0 Å². The second kappa shape index (κ2) is 7.83. The summed E-state index contributed by atoms with van der Waals surface area (Å²) >= 11 is 0. The molecule has 0 N–H and O–H groups in total. The average Bonchev–Trinajstić information content (AvgIpc) is 3.09. The molecule has 0 aliphatic carbocycles. The Labute approximate surface area is 161 Å². The molecule has 146 valence electrons. The van der Waals surface area contributed by atoms with Gasteiger partial charge in [0, 0.05) is 32.6 Å². The van der Waals surface area contributed by atoms with Gasteiger partial charge in [-0.05, 0) is 36.3 Å². The van der Waals surface area contributed by atoms with Crippen LogP contribution >= 0.6 is 0 Å². The molecule has 0 saturated carbocycles. The lowest BCUT2D eigenvalue weighted by atomic mass is 9.78. The molecule has 2 saturated heterocycles. The average molecular weight is 370 g/mol. The van der Waals surface area contributed by atoms with Crippen LogP contribution in [0.1, 0.15) is 63.5 Å². The van der Waals surface area contributed by atoms with Crippen LogP contribution in [-0.2, 0) is 20.9 Å². The lowest BCUT2D eigenvalue weighted by molar-refractivity contribution is -0.148. The van der Waals surface area contributed by atoms with E-state index in [4.69, 9.17) is 0 Å². The third kappa shape index (κ3) is 3.92. The van der Waals surface area contributed by atoms with Gasteiger partial charge in [-0.3, -0.25) is 14.4 Å². The van der Waals surface area contributed by atoms with E-state index in [1.165, 1.54) is 5.56 Å². The highest BCUT2D eigenvalue weighted by molar-refractivity contribution is 6.36. The maximum Gasteiger partial charge on any atom is 0.289 e. The lowest BCUT2D eigenvalue weighted by Crippen LogP contribution is -2.50. The molecule has 1 atom stereocenters. The topological polar surface area (TPSA) is 57.7 Å². The van der Waals surface area contributed by atoms with Crippen LogP contribution in [0.2, 0.25) is 0 Å². The highest BCUT2D eigenvalue weighted by Crippen LogP contribution is 2.40. The molecule has 0 radical (unpaired) electrons. The highest BCUT2D eigenvalue weighted by Gasteiger charge is 2.49. The Kier molecular flexibility index (Phi) is 5.68. The van der Waals surface area contributed by atoms with E-state index in [-0.39, 0.29) is 18.1 Å². The molecule has 2 fully saturated rings. The Hall–Kier alpha value is -2.17. The number of ketones is 1. The number of rotatable bonds is 5. The summed E-state index contributed by atoms with van der Waals surface area (Å²) in [5, 5.41) is 0. The van der Waals surface area contributed by atoms with Crippen molar-refractivity contribution in [3.05, 3.63) is 35.4 Å². The van der Waals surface area contributed by atoms with Gasteiger partial charge in [0.05, 0.1) is 5.41 Å². The Balaban J connectivity index is 1.69. The third-order valence-electron chi connectivity index (χ3n) is 6.04. The van der Waals surface area contributed by atoms with Gasteiger partial charge in [0.15, 0.2) is 0 Å². The molecule has 1 unspecified atom stereocenters. The second-order valence-corrected chi connectivity index (χ2v) is 8.26. The first-order valence-corrected chi connectivity index (χ1v) is 10.1. The van der Waals surface area contributed by atoms with Crippen LogP contribution < -0.4 is 0 Å². The first-order chi connectivity index (χ1) is 12.9. The van der Waals surface area contributed by atoms with Crippen LogP contribution in [0.5, 0.6) is 0 Å². The van der Waals surface area contributed by atoms with E-state index in [0.717, 1.165) is 24.9 Å². The molecule has 27 heavy (non-hydrogen) atoms. The first kappa shape index (κ1) is 19.6. The van der Waals surface area contributed by atoms with Gasteiger partial charge in [0.1, 0.15) is 0 Å². The molecule has 5 nitrogen and oxygen atoms in total. The van der Waals surface area contributed by atoms with Crippen molar-refractivity contribution in [3.8, 4) is 0 Å². The van der Waals surface area contributed by atoms with Crippen molar-refractivity contribution in [3.63, 3.8) is 0 Å². The SMILES string of the molecule is CCC(=O)C(=O)N1CCC2(CCCN(Cc3ccc(C(C)C)cc3)C2=O)C1. The van der Waals surface area contributed by atoms with Crippen molar-refractivity contribution < 1.29 is 14.4 Å². The maximum atomic E-state index is 13.2. The van der Waals surface area contributed by atoms with Gasteiger partial charge < -0.3 is 9.80 Å². The molecule has 3 rings (SSSR count). The van der Waals surface area contributed by atoms with Crippen LogP contribution in [0.15, 0.2) is 24.3 Å². The van der Waals surface area contributed by atoms with Crippen molar-refractivity contribution in [2.75, 3.05) is 19.6 Å². The maximum absolute atomic E-state index is 13.2. The van der Waals surface area contributed by atoms with E-state index in [0.29, 0.717) is 32.0 Å². The molecular weight excluding hydrogens is 340 g/mol. The molecule has 0 bridgehead atoms. The third-order valence-corrected chi connectivity index (χ3v) is 6.04. The fraction of sp³-hybridized carbons (Fsp3) is 0.591. The first-order valence-electron chi connectivity index (χ1n) is 10.1. The predicted molar refractivity (Wildman–Crippen MR) is 104 cm³/mol. The van der Waals surface area contributed by atoms with Crippen molar-refractivity contribution in [2.24, 2.45) is 5.41 Å². The molecule has 1 aromatic rings. The van der Waals surface area contributed by atoms with Crippen molar-refractivity contribution >= 4 is 17.6 Å². The Morgan fingerprint density at radius 3 is 2.44 bits per heavy atom. The molecule has 2 amide bonds. The standard InChI is InChI=1S/C22H30N2O3/c1-4-19(25)20(26)24-13-11-22(15-24)10-5-12-23(21(22)27)14-17-6-8-18(9-7-17)16(2)3/h6-9,16H,4-5,10-15H2,1-3H3. The van der Waals surface area contributed by atoms with E-state index < -0.39 is 11.3 Å². The van der Waals surface area contributed by atoms with E-state index in [2.05, 4.69) is 38.1 Å². The monoisotopic (exact) mass is 370 g/mol. The number of nitrogens with zero attached hydrogens (tertiary/aromatic N) is 2. The minimum Gasteiger partial charge on any atom is -0.338 e. The Bertz CT molecular complexity index is 726. The molecule has 0 aromatic heterocycles. The normalized spacial score (nSPS) is 22.7. The molecule has 2 heterocycles. The minimum absolute atomic E-state index is 0.140. The van der Waals surface area contributed by atoms with Gasteiger partial charge in [0.2, 0.25) is 11.7 Å². The molecule has 2 aliphatic rings. The summed E-state index contributed by atoms with van der Waals surface area (Å²) in [7, 11) is 0. The van der Waals surface area contributed by atoms with Crippen LogP contribution in [0.3, 0.4) is 0 Å². The lowest BCUT2D eigenvalue weighted by Gasteiger charge is -2.39. The summed E-state index contributed by atoms with van der Waals surface area (Å²) in [6, 6.07) is 8.48. The predicted octanol–water partition coefficient (Wildman–Crippen LogP) is 3.13. The van der Waals surface area contributed by atoms with Gasteiger partial charge in [-0.2, -0.15) is 0 Å². The summed E-state index contributed by atoms with van der Waals surface area (Å²) in [5.41, 5.74) is 1.93. The minimum atomic E-state index is -0.500. The number of likely N-dealkylation sites (tertiary alicyclic amines) is 2. The van der Waals surface area contributed by atoms with Gasteiger partial charge in [0.25, 0.3) is 5.91 Å². The number of amides is 2. The molecule has 2 aliphatic heterocycles. The fourth-order valence-corrected chi connectivity index (χ4v) is 4.28. The number of carbonyl (C=O) groups excluding carboxylic acids is 3. The van der Waals surface area contributed by atoms with Crippen LogP contribution in [0, 0.1) is 5.41 Å². The fourth-order valence-electron chi connectivity index (χ4n) is 4.28. The number of piperidine rings is 1. The number of hydrogen-bond donors (Lipinski definition) is 0.